The van der Waals surface area contributed by atoms with Crippen molar-refractivity contribution in [1.29, 1.82) is 0 Å². The molecule has 0 bridgehead atoms. The van der Waals surface area contributed by atoms with Gasteiger partial charge in [-0.05, 0) is 61.1 Å². The van der Waals surface area contributed by atoms with Crippen LogP contribution in [0.3, 0.4) is 0 Å². The fraction of sp³-hybridized carbons (Fsp3) is 0.360. The smallest absolute Gasteiger partial charge is 0.286 e. The predicted octanol–water partition coefficient (Wildman–Crippen LogP) is 6.34. The van der Waals surface area contributed by atoms with Crippen LogP contribution in [-0.4, -0.2) is 40.4 Å². The van der Waals surface area contributed by atoms with E-state index in [9.17, 15) is 4.79 Å². The number of thiophene rings is 1. The Kier molecular flexibility index (Phi) is 6.41. The number of amides is 1. The molecule has 2 atom stereocenters. The van der Waals surface area contributed by atoms with Crippen LogP contribution in [0.1, 0.15) is 45.9 Å². The molecular weight excluding hydrogens is 527 g/mol. The number of hydrogen-bond donors (Lipinski definition) is 1. The summed E-state index contributed by atoms with van der Waals surface area (Å²) in [6.07, 6.45) is 5.80. The standard InChI is InChI=1S/C25H23Cl3N4O2S/c26-17-4-6-21(20(27)9-17)32-24-16(8-18-5-7-22(28)35-18)12-34-13-19(24)23(29-32)25(33)30-31-10-14-2-1-3-15(14)11-31/h4-9,14-15H,1-3,10-13H2,(H,30,33). The number of hydrogen-bond acceptors (Lipinski definition) is 5. The molecule has 1 saturated heterocycles. The van der Waals surface area contributed by atoms with Gasteiger partial charge in [-0.1, -0.05) is 41.2 Å². The van der Waals surface area contributed by atoms with Gasteiger partial charge in [0.2, 0.25) is 0 Å². The summed E-state index contributed by atoms with van der Waals surface area (Å²) in [5.74, 6) is 1.12. The largest absolute Gasteiger partial charge is 0.372 e. The summed E-state index contributed by atoms with van der Waals surface area (Å²) in [5, 5.41) is 7.80. The molecule has 35 heavy (non-hydrogen) atoms. The molecule has 4 heterocycles. The van der Waals surface area contributed by atoms with E-state index in [4.69, 9.17) is 44.6 Å². The normalized spacial score (nSPS) is 23.0. The zero-order chi connectivity index (χ0) is 24.1. The number of nitrogens with zero attached hydrogens (tertiary/aromatic N) is 3. The Morgan fingerprint density at radius 2 is 1.91 bits per heavy atom. The number of rotatable bonds is 4. The highest BCUT2D eigenvalue weighted by Gasteiger charge is 2.38. The molecule has 3 aromatic rings. The van der Waals surface area contributed by atoms with Gasteiger partial charge in [0.1, 0.15) is 0 Å². The lowest BCUT2D eigenvalue weighted by molar-refractivity contribution is 0.0802. The van der Waals surface area contributed by atoms with Crippen molar-refractivity contribution in [3.8, 4) is 5.69 Å². The number of carbonyl (C=O) groups is 1. The molecule has 3 aliphatic rings. The van der Waals surface area contributed by atoms with Crippen LogP contribution in [0, 0.1) is 11.8 Å². The van der Waals surface area contributed by atoms with Crippen molar-refractivity contribution >= 4 is 63.7 Å². The topological polar surface area (TPSA) is 59.4 Å². The maximum absolute atomic E-state index is 13.5. The van der Waals surface area contributed by atoms with Crippen molar-refractivity contribution < 1.29 is 9.53 Å². The van der Waals surface area contributed by atoms with Crippen molar-refractivity contribution in [2.75, 3.05) is 19.7 Å². The van der Waals surface area contributed by atoms with Crippen molar-refractivity contribution in [1.82, 2.24) is 20.2 Å². The SMILES string of the molecule is O=C(NN1CC2CCCC2C1)c1nn(-c2ccc(Cl)cc2Cl)c2c1COCC2=Cc1ccc(Cl)s1. The summed E-state index contributed by atoms with van der Waals surface area (Å²) in [7, 11) is 0. The van der Waals surface area contributed by atoms with Gasteiger partial charge in [0.25, 0.3) is 5.91 Å². The number of nitrogens with one attached hydrogen (secondary N) is 1. The fourth-order valence-corrected chi connectivity index (χ4v) is 6.99. The summed E-state index contributed by atoms with van der Waals surface area (Å²) in [6.45, 7) is 2.46. The lowest BCUT2D eigenvalue weighted by Crippen LogP contribution is -2.41. The van der Waals surface area contributed by atoms with E-state index < -0.39 is 0 Å². The highest BCUT2D eigenvalue weighted by atomic mass is 35.5. The zero-order valence-electron chi connectivity index (χ0n) is 18.8. The van der Waals surface area contributed by atoms with E-state index in [1.807, 2.05) is 29.3 Å². The number of benzene rings is 1. The second-order valence-corrected chi connectivity index (χ2v) is 11.9. The first-order valence-electron chi connectivity index (χ1n) is 11.6. The second kappa shape index (κ2) is 9.54. The molecule has 1 aliphatic carbocycles. The molecule has 10 heteroatoms. The van der Waals surface area contributed by atoms with Gasteiger partial charge >= 0.3 is 0 Å². The Labute approximate surface area is 222 Å². The van der Waals surface area contributed by atoms with Crippen LogP contribution >= 0.6 is 46.1 Å². The van der Waals surface area contributed by atoms with Crippen LogP contribution in [-0.2, 0) is 11.3 Å². The van der Waals surface area contributed by atoms with Gasteiger partial charge < -0.3 is 4.74 Å². The van der Waals surface area contributed by atoms with Gasteiger partial charge in [-0.15, -0.1) is 11.3 Å². The van der Waals surface area contributed by atoms with Gasteiger partial charge in [-0.25, -0.2) is 9.69 Å². The maximum Gasteiger partial charge on any atom is 0.286 e. The minimum Gasteiger partial charge on any atom is -0.372 e. The van der Waals surface area contributed by atoms with Gasteiger partial charge in [0.05, 0.1) is 34.0 Å². The zero-order valence-corrected chi connectivity index (χ0v) is 21.9. The Balaban J connectivity index is 1.41. The molecule has 6 rings (SSSR count). The molecule has 2 unspecified atom stereocenters. The molecule has 2 aromatic heterocycles. The number of fused-ring (bicyclic) bond motifs is 2. The Morgan fingerprint density at radius 3 is 2.63 bits per heavy atom. The number of ether oxygens (including phenoxy) is 1. The summed E-state index contributed by atoms with van der Waals surface area (Å²) in [4.78, 5) is 14.5. The molecule has 1 amide bonds. The Bertz CT molecular complexity index is 1320. The van der Waals surface area contributed by atoms with Crippen molar-refractivity contribution in [3.63, 3.8) is 0 Å². The molecule has 2 fully saturated rings. The number of carbonyl (C=O) groups excluding carboxylic acids is 1. The monoisotopic (exact) mass is 548 g/mol. The van der Waals surface area contributed by atoms with E-state index in [0.29, 0.717) is 44.2 Å². The van der Waals surface area contributed by atoms with E-state index in [1.165, 1.54) is 30.6 Å². The highest BCUT2D eigenvalue weighted by Crippen LogP contribution is 2.38. The molecule has 2 aliphatic heterocycles. The Morgan fingerprint density at radius 1 is 1.11 bits per heavy atom. The quantitative estimate of drug-likeness (QED) is 0.412. The summed E-state index contributed by atoms with van der Waals surface area (Å²) >= 11 is 20.4. The molecule has 0 radical (unpaired) electrons. The number of hydrazine groups is 1. The van der Waals surface area contributed by atoms with Gasteiger partial charge in [0, 0.05) is 34.1 Å². The molecule has 182 valence electrons. The van der Waals surface area contributed by atoms with Crippen LogP contribution in [0.2, 0.25) is 14.4 Å². The van der Waals surface area contributed by atoms with Crippen LogP contribution < -0.4 is 5.43 Å². The summed E-state index contributed by atoms with van der Waals surface area (Å²) in [6, 6.07) is 9.08. The minimum absolute atomic E-state index is 0.228. The molecular formula is C25H23Cl3N4O2S. The minimum atomic E-state index is -0.228. The van der Waals surface area contributed by atoms with Gasteiger partial charge in [0.15, 0.2) is 5.69 Å². The first-order chi connectivity index (χ1) is 17.0. The third kappa shape index (κ3) is 4.54. The van der Waals surface area contributed by atoms with E-state index in [-0.39, 0.29) is 12.5 Å². The van der Waals surface area contributed by atoms with E-state index in [2.05, 4.69) is 5.43 Å². The van der Waals surface area contributed by atoms with Crippen LogP contribution in [0.25, 0.3) is 17.3 Å². The molecule has 1 N–H and O–H groups in total. The van der Waals surface area contributed by atoms with Crippen molar-refractivity contribution in [2.45, 2.75) is 25.9 Å². The van der Waals surface area contributed by atoms with Crippen molar-refractivity contribution in [2.24, 2.45) is 11.8 Å². The molecule has 1 aromatic carbocycles. The number of halogens is 3. The molecule has 6 nitrogen and oxygen atoms in total. The third-order valence-corrected chi connectivity index (χ3v) is 8.76. The highest BCUT2D eigenvalue weighted by molar-refractivity contribution is 7.17. The molecule has 1 saturated carbocycles. The first-order valence-corrected chi connectivity index (χ1v) is 13.6. The average Bonchev–Trinajstić information content (AvgIpc) is 3.58. The van der Waals surface area contributed by atoms with Crippen LogP contribution in [0.5, 0.6) is 0 Å². The first kappa shape index (κ1) is 23.5. The second-order valence-electron chi connectivity index (χ2n) is 9.28. The van der Waals surface area contributed by atoms with Gasteiger partial charge in [-0.3, -0.25) is 10.2 Å². The van der Waals surface area contributed by atoms with E-state index >= 15 is 0 Å². The Hall–Kier alpha value is -1.87. The summed E-state index contributed by atoms with van der Waals surface area (Å²) < 4.78 is 8.36. The van der Waals surface area contributed by atoms with Gasteiger partial charge in [-0.2, -0.15) is 5.10 Å². The molecule has 0 spiro atoms. The maximum atomic E-state index is 13.5. The number of aromatic nitrogens is 2. The van der Waals surface area contributed by atoms with Crippen LogP contribution in [0.4, 0.5) is 0 Å². The predicted molar refractivity (Wildman–Crippen MR) is 140 cm³/mol. The van der Waals surface area contributed by atoms with Crippen molar-refractivity contribution in [3.05, 3.63) is 66.5 Å². The summed E-state index contributed by atoms with van der Waals surface area (Å²) in [5.41, 5.74) is 6.56. The lowest BCUT2D eigenvalue weighted by atomic mass is 10.0. The lowest BCUT2D eigenvalue weighted by Gasteiger charge is -2.20. The van der Waals surface area contributed by atoms with E-state index in [0.717, 1.165) is 34.8 Å². The fourth-order valence-electron chi connectivity index (χ4n) is 5.47. The van der Waals surface area contributed by atoms with E-state index in [1.54, 1.807) is 16.8 Å². The van der Waals surface area contributed by atoms with Crippen LogP contribution in [0.15, 0.2) is 30.3 Å². The third-order valence-electron chi connectivity index (χ3n) is 7.04. The average molecular weight is 550 g/mol.